The van der Waals surface area contributed by atoms with Crippen molar-refractivity contribution in [3.8, 4) is 17.0 Å². The van der Waals surface area contributed by atoms with Crippen LogP contribution in [0.2, 0.25) is 5.02 Å². The number of rotatable bonds is 6. The van der Waals surface area contributed by atoms with Gasteiger partial charge in [-0.2, -0.15) is 23.4 Å². The maximum atomic E-state index is 14.0. The minimum absolute atomic E-state index is 0.0804. The number of amides is 1. The van der Waals surface area contributed by atoms with Gasteiger partial charge >= 0.3 is 6.18 Å². The Labute approximate surface area is 226 Å². The lowest BCUT2D eigenvalue weighted by atomic mass is 10.1. The van der Waals surface area contributed by atoms with Crippen LogP contribution in [-0.4, -0.2) is 37.4 Å². The van der Waals surface area contributed by atoms with Crippen molar-refractivity contribution in [1.82, 2.24) is 24.4 Å². The zero-order valence-electron chi connectivity index (χ0n) is 21.0. The smallest absolute Gasteiger partial charge is 0.433 e. The van der Waals surface area contributed by atoms with Crippen LogP contribution >= 0.6 is 11.6 Å². The third-order valence-corrected chi connectivity index (χ3v) is 6.60. The van der Waals surface area contributed by atoms with Crippen molar-refractivity contribution in [2.24, 2.45) is 0 Å². The normalized spacial score (nSPS) is 11.7. The highest BCUT2D eigenvalue weighted by Crippen LogP contribution is 2.33. The van der Waals surface area contributed by atoms with Gasteiger partial charge in [0.2, 0.25) is 0 Å². The van der Waals surface area contributed by atoms with Crippen LogP contribution < -0.4 is 10.1 Å². The molecule has 0 aliphatic carbocycles. The molecule has 5 rings (SSSR count). The molecule has 8 nitrogen and oxygen atoms in total. The molecule has 12 heteroatoms. The molecule has 0 radical (unpaired) electrons. The van der Waals surface area contributed by atoms with Crippen LogP contribution in [0.3, 0.4) is 0 Å². The van der Waals surface area contributed by atoms with E-state index in [1.165, 1.54) is 13.2 Å². The van der Waals surface area contributed by atoms with Crippen LogP contribution in [0.5, 0.6) is 5.75 Å². The second-order valence-corrected chi connectivity index (χ2v) is 9.21. The monoisotopic (exact) mass is 554 g/mol. The van der Waals surface area contributed by atoms with E-state index >= 15 is 0 Å². The van der Waals surface area contributed by atoms with Gasteiger partial charge in [-0.15, -0.1) is 0 Å². The summed E-state index contributed by atoms with van der Waals surface area (Å²) in [6.45, 7) is 3.88. The fourth-order valence-electron chi connectivity index (χ4n) is 4.19. The molecule has 1 amide bonds. The second kappa shape index (κ2) is 10.1. The summed E-state index contributed by atoms with van der Waals surface area (Å²) in [6.07, 6.45) is -4.74. The maximum Gasteiger partial charge on any atom is 0.433 e. The van der Waals surface area contributed by atoms with Gasteiger partial charge in [0.1, 0.15) is 5.75 Å². The summed E-state index contributed by atoms with van der Waals surface area (Å²) in [5, 5.41) is 11.8. The third-order valence-electron chi connectivity index (χ3n) is 6.23. The van der Waals surface area contributed by atoms with E-state index in [9.17, 15) is 18.0 Å². The first kappa shape index (κ1) is 26.2. The number of carbonyl (C=O) groups is 1. The molecule has 0 aliphatic heterocycles. The molecule has 2 aromatic carbocycles. The Balaban J connectivity index is 1.48. The lowest BCUT2D eigenvalue weighted by Gasteiger charge is -2.11. The van der Waals surface area contributed by atoms with Crippen molar-refractivity contribution < 1.29 is 22.7 Å². The molecule has 0 spiro atoms. The van der Waals surface area contributed by atoms with Crippen LogP contribution in [0, 0.1) is 13.8 Å². The Hall–Kier alpha value is -4.38. The summed E-state index contributed by atoms with van der Waals surface area (Å²) >= 11 is 6.27. The molecule has 5 aromatic rings. The number of benzene rings is 2. The number of halogens is 4. The summed E-state index contributed by atoms with van der Waals surface area (Å²) in [4.78, 5) is 17.5. The highest BCUT2D eigenvalue weighted by Gasteiger charge is 2.36. The Morgan fingerprint density at radius 3 is 2.44 bits per heavy atom. The molecule has 3 aromatic heterocycles. The van der Waals surface area contributed by atoms with Gasteiger partial charge in [-0.05, 0) is 55.8 Å². The number of nitrogens with zero attached hydrogens (tertiary/aromatic N) is 5. The fourth-order valence-corrected chi connectivity index (χ4v) is 4.39. The zero-order chi connectivity index (χ0) is 27.9. The molecule has 0 saturated carbocycles. The molecular weight excluding hydrogens is 533 g/mol. The van der Waals surface area contributed by atoms with Gasteiger partial charge in [-0.1, -0.05) is 29.8 Å². The topological polar surface area (TPSA) is 86.3 Å². The van der Waals surface area contributed by atoms with Crippen LogP contribution in [0.25, 0.3) is 16.9 Å². The minimum atomic E-state index is -4.74. The number of methoxy groups -OCH3 is 1. The van der Waals surface area contributed by atoms with E-state index in [4.69, 9.17) is 16.3 Å². The molecule has 0 bridgehead atoms. The van der Waals surface area contributed by atoms with E-state index < -0.39 is 17.8 Å². The van der Waals surface area contributed by atoms with Gasteiger partial charge in [0.25, 0.3) is 5.91 Å². The first-order valence-corrected chi connectivity index (χ1v) is 12.1. The summed E-state index contributed by atoms with van der Waals surface area (Å²) in [5.74, 6) is -0.136. The van der Waals surface area contributed by atoms with Crippen LogP contribution in [0.1, 0.15) is 33.1 Å². The molecule has 3 heterocycles. The average molecular weight is 555 g/mol. The first-order chi connectivity index (χ1) is 18.5. The zero-order valence-corrected chi connectivity index (χ0v) is 21.8. The molecule has 0 saturated heterocycles. The predicted octanol–water partition coefficient (Wildman–Crippen LogP) is 6.19. The van der Waals surface area contributed by atoms with E-state index in [-0.39, 0.29) is 17.0 Å². The quantitative estimate of drug-likeness (QED) is 0.270. The van der Waals surface area contributed by atoms with Crippen molar-refractivity contribution in [2.45, 2.75) is 26.6 Å². The standard InChI is InChI=1S/C27H22ClF3N6O2/c1-15-25(16(2)36(34-15)14-18-6-4-5-7-20(18)28)33-26(38)22-13-24-32-21(17-8-10-19(39-3)11-9-17)12-23(27(29,30)31)37(24)35-22/h4-13H,14H2,1-3H3,(H,33,38). The predicted molar refractivity (Wildman–Crippen MR) is 140 cm³/mol. The number of fused-ring (bicyclic) bond motifs is 1. The Morgan fingerprint density at radius 1 is 1.05 bits per heavy atom. The lowest BCUT2D eigenvalue weighted by Crippen LogP contribution is -2.16. The van der Waals surface area contributed by atoms with Crippen LogP contribution in [-0.2, 0) is 12.7 Å². The van der Waals surface area contributed by atoms with Crippen molar-refractivity contribution in [1.29, 1.82) is 0 Å². The number of hydrogen-bond acceptors (Lipinski definition) is 5. The first-order valence-electron chi connectivity index (χ1n) is 11.8. The SMILES string of the molecule is COc1ccc(-c2cc(C(F)(F)F)n3nc(C(=O)Nc4c(C)nn(Cc5ccccc5Cl)c4C)cc3n2)cc1. The van der Waals surface area contributed by atoms with E-state index in [1.807, 2.05) is 18.2 Å². The van der Waals surface area contributed by atoms with Crippen LogP contribution in [0.4, 0.5) is 18.9 Å². The molecule has 0 unspecified atom stereocenters. The maximum absolute atomic E-state index is 14.0. The van der Waals surface area contributed by atoms with Crippen molar-refractivity contribution >= 4 is 28.8 Å². The van der Waals surface area contributed by atoms with Gasteiger partial charge in [-0.3, -0.25) is 9.48 Å². The fraction of sp³-hybridized carbons (Fsp3) is 0.185. The number of anilines is 1. The van der Waals surface area contributed by atoms with Gasteiger partial charge < -0.3 is 10.1 Å². The highest BCUT2D eigenvalue weighted by molar-refractivity contribution is 6.31. The number of ether oxygens (including phenoxy) is 1. The summed E-state index contributed by atoms with van der Waals surface area (Å²) in [6, 6.07) is 15.9. The number of nitrogens with one attached hydrogen (secondary N) is 1. The Bertz CT molecular complexity index is 1690. The summed E-state index contributed by atoms with van der Waals surface area (Å²) < 4.78 is 49.4. The van der Waals surface area contributed by atoms with E-state index in [0.29, 0.717) is 44.5 Å². The number of carbonyl (C=O) groups excluding carboxylic acids is 1. The van der Waals surface area contributed by atoms with Gasteiger partial charge in [0.05, 0.1) is 36.4 Å². The van der Waals surface area contributed by atoms with Crippen molar-refractivity contribution in [2.75, 3.05) is 12.4 Å². The molecule has 1 N–H and O–H groups in total. The largest absolute Gasteiger partial charge is 0.497 e. The number of hydrogen-bond donors (Lipinski definition) is 1. The molecule has 0 atom stereocenters. The lowest BCUT2D eigenvalue weighted by molar-refractivity contribution is -0.142. The van der Waals surface area contributed by atoms with Gasteiger partial charge in [-0.25, -0.2) is 9.50 Å². The Morgan fingerprint density at radius 2 is 1.77 bits per heavy atom. The van der Waals surface area contributed by atoms with E-state index in [1.54, 1.807) is 48.9 Å². The summed E-state index contributed by atoms with van der Waals surface area (Å²) in [7, 11) is 1.49. The summed E-state index contributed by atoms with van der Waals surface area (Å²) in [5.41, 5.74) is 1.60. The van der Waals surface area contributed by atoms with E-state index in [0.717, 1.165) is 11.6 Å². The molecule has 0 aliphatic rings. The van der Waals surface area contributed by atoms with Gasteiger partial charge in [0.15, 0.2) is 17.0 Å². The number of aryl methyl sites for hydroxylation is 1. The third kappa shape index (κ3) is 5.17. The average Bonchev–Trinajstić information content (AvgIpc) is 3.45. The molecular formula is C27H22ClF3N6O2. The van der Waals surface area contributed by atoms with Crippen molar-refractivity contribution in [3.05, 3.63) is 94.0 Å². The molecule has 39 heavy (non-hydrogen) atoms. The van der Waals surface area contributed by atoms with E-state index in [2.05, 4.69) is 20.5 Å². The molecule has 0 fully saturated rings. The number of alkyl halides is 3. The Kier molecular flexibility index (Phi) is 6.77. The van der Waals surface area contributed by atoms with Gasteiger partial charge in [0, 0.05) is 16.7 Å². The minimum Gasteiger partial charge on any atom is -0.497 e. The molecule has 200 valence electrons. The van der Waals surface area contributed by atoms with Crippen molar-refractivity contribution in [3.63, 3.8) is 0 Å². The second-order valence-electron chi connectivity index (χ2n) is 8.80. The highest BCUT2D eigenvalue weighted by atomic mass is 35.5. The van der Waals surface area contributed by atoms with Crippen LogP contribution in [0.15, 0.2) is 60.7 Å². The number of aromatic nitrogens is 5.